The first-order valence-corrected chi connectivity index (χ1v) is 7.50. The fourth-order valence-corrected chi connectivity index (χ4v) is 2.65. The van der Waals surface area contributed by atoms with Gasteiger partial charge in [0.1, 0.15) is 18.3 Å². The summed E-state index contributed by atoms with van der Waals surface area (Å²) >= 11 is 0. The molecule has 0 aromatic carbocycles. The minimum Gasteiger partial charge on any atom is -0.388 e. The van der Waals surface area contributed by atoms with Gasteiger partial charge in [0, 0.05) is 6.20 Å². The van der Waals surface area contributed by atoms with E-state index in [1.165, 1.54) is 0 Å². The molecule has 0 bridgehead atoms. The maximum atomic E-state index is 13.0. The van der Waals surface area contributed by atoms with Crippen molar-refractivity contribution in [1.29, 1.82) is 0 Å². The SMILES string of the molecule is CCCCCC[C@H]([C@@H](O)CF)n1cnc2c(N)nccc21. The van der Waals surface area contributed by atoms with Gasteiger partial charge < -0.3 is 15.4 Å². The van der Waals surface area contributed by atoms with Crippen LogP contribution in [-0.2, 0) is 0 Å². The molecule has 0 saturated carbocycles. The van der Waals surface area contributed by atoms with Crippen LogP contribution in [0.3, 0.4) is 0 Å². The van der Waals surface area contributed by atoms with E-state index in [0.29, 0.717) is 11.3 Å². The van der Waals surface area contributed by atoms with Crippen molar-refractivity contribution >= 4 is 16.9 Å². The summed E-state index contributed by atoms with van der Waals surface area (Å²) in [7, 11) is 0. The molecule has 116 valence electrons. The fourth-order valence-electron chi connectivity index (χ4n) is 2.65. The van der Waals surface area contributed by atoms with Crippen molar-refractivity contribution in [2.75, 3.05) is 12.4 Å². The van der Waals surface area contributed by atoms with Crippen molar-refractivity contribution in [2.24, 2.45) is 0 Å². The molecule has 0 radical (unpaired) electrons. The third kappa shape index (κ3) is 3.50. The third-order valence-corrected chi connectivity index (χ3v) is 3.83. The molecular formula is C15H23FN4O. The number of nitrogens with zero attached hydrogens (tertiary/aromatic N) is 3. The number of pyridine rings is 1. The molecule has 2 aromatic rings. The van der Waals surface area contributed by atoms with Crippen molar-refractivity contribution in [3.8, 4) is 0 Å². The number of unbranched alkanes of at least 4 members (excludes halogenated alkanes) is 3. The molecule has 21 heavy (non-hydrogen) atoms. The Balaban J connectivity index is 2.24. The number of aliphatic hydroxyl groups is 1. The standard InChI is InChI=1S/C15H23FN4O/c1-2-3-4-5-6-11(13(21)9-16)20-10-19-14-12(20)7-8-18-15(14)17/h7-8,10-11,13,21H,2-6,9H2,1H3,(H2,17,18)/t11-,13+/m1/s1. The summed E-state index contributed by atoms with van der Waals surface area (Å²) in [6.45, 7) is 1.38. The smallest absolute Gasteiger partial charge is 0.151 e. The Labute approximate surface area is 124 Å². The van der Waals surface area contributed by atoms with E-state index in [1.807, 2.05) is 4.57 Å². The molecule has 0 aliphatic heterocycles. The van der Waals surface area contributed by atoms with Crippen LogP contribution in [-0.4, -0.2) is 32.4 Å². The highest BCUT2D eigenvalue weighted by Gasteiger charge is 2.22. The van der Waals surface area contributed by atoms with Gasteiger partial charge in [-0.1, -0.05) is 32.6 Å². The van der Waals surface area contributed by atoms with Crippen LogP contribution in [0.4, 0.5) is 10.2 Å². The molecule has 0 saturated heterocycles. The lowest BCUT2D eigenvalue weighted by Crippen LogP contribution is -2.25. The largest absolute Gasteiger partial charge is 0.388 e. The van der Waals surface area contributed by atoms with Gasteiger partial charge in [-0.05, 0) is 12.5 Å². The van der Waals surface area contributed by atoms with Crippen LogP contribution in [0.2, 0.25) is 0 Å². The summed E-state index contributed by atoms with van der Waals surface area (Å²) in [5, 5.41) is 10.0. The first kappa shape index (κ1) is 15.7. The summed E-state index contributed by atoms with van der Waals surface area (Å²) in [6.07, 6.45) is 7.25. The van der Waals surface area contributed by atoms with Crippen LogP contribution in [0.1, 0.15) is 45.1 Å². The van der Waals surface area contributed by atoms with Crippen molar-refractivity contribution in [2.45, 2.75) is 51.2 Å². The molecule has 5 nitrogen and oxygen atoms in total. The fraction of sp³-hybridized carbons (Fsp3) is 0.600. The molecule has 6 heteroatoms. The Morgan fingerprint density at radius 2 is 2.14 bits per heavy atom. The third-order valence-electron chi connectivity index (χ3n) is 3.83. The predicted molar refractivity (Wildman–Crippen MR) is 81.7 cm³/mol. The maximum Gasteiger partial charge on any atom is 0.151 e. The number of hydrogen-bond acceptors (Lipinski definition) is 4. The van der Waals surface area contributed by atoms with E-state index in [9.17, 15) is 9.50 Å². The molecule has 2 rings (SSSR count). The van der Waals surface area contributed by atoms with Gasteiger partial charge in [0.15, 0.2) is 5.82 Å². The zero-order chi connectivity index (χ0) is 15.2. The van der Waals surface area contributed by atoms with Gasteiger partial charge >= 0.3 is 0 Å². The monoisotopic (exact) mass is 294 g/mol. The summed E-state index contributed by atoms with van der Waals surface area (Å²) in [4.78, 5) is 8.24. The van der Waals surface area contributed by atoms with Crippen molar-refractivity contribution in [1.82, 2.24) is 14.5 Å². The summed E-state index contributed by atoms with van der Waals surface area (Å²) in [6, 6.07) is 1.47. The van der Waals surface area contributed by atoms with Gasteiger partial charge in [-0.3, -0.25) is 0 Å². The van der Waals surface area contributed by atoms with E-state index < -0.39 is 12.8 Å². The Bertz CT molecular complexity index is 572. The summed E-state index contributed by atoms with van der Waals surface area (Å²) in [5.74, 6) is 0.353. The van der Waals surface area contributed by atoms with Crippen LogP contribution >= 0.6 is 0 Å². The molecule has 3 N–H and O–H groups in total. The van der Waals surface area contributed by atoms with Gasteiger partial charge in [-0.2, -0.15) is 0 Å². The van der Waals surface area contributed by atoms with E-state index >= 15 is 0 Å². The molecule has 2 aromatic heterocycles. The quantitative estimate of drug-likeness (QED) is 0.734. The second kappa shape index (κ2) is 7.36. The number of nitrogens with two attached hydrogens (primary N) is 1. The Kier molecular flexibility index (Phi) is 5.50. The van der Waals surface area contributed by atoms with Crippen LogP contribution in [0.25, 0.3) is 11.0 Å². The topological polar surface area (TPSA) is 77.0 Å². The zero-order valence-corrected chi connectivity index (χ0v) is 12.4. The minimum absolute atomic E-state index is 0.321. The summed E-state index contributed by atoms with van der Waals surface area (Å²) < 4.78 is 14.8. The molecule has 2 heterocycles. The van der Waals surface area contributed by atoms with E-state index in [1.54, 1.807) is 18.6 Å². The number of fused-ring (bicyclic) bond motifs is 1. The Hall–Kier alpha value is -1.69. The number of alkyl halides is 1. The molecule has 0 aliphatic rings. The second-order valence-corrected chi connectivity index (χ2v) is 5.35. The summed E-state index contributed by atoms with van der Waals surface area (Å²) in [5.41, 5.74) is 7.18. The Morgan fingerprint density at radius 3 is 2.86 bits per heavy atom. The first-order chi connectivity index (χ1) is 10.2. The van der Waals surface area contributed by atoms with Crippen molar-refractivity contribution in [3.05, 3.63) is 18.6 Å². The number of anilines is 1. The van der Waals surface area contributed by atoms with E-state index in [4.69, 9.17) is 5.73 Å². The minimum atomic E-state index is -1.03. The number of nitrogen functional groups attached to an aromatic ring is 1. The number of halogens is 1. The number of aliphatic hydroxyl groups excluding tert-OH is 1. The highest BCUT2D eigenvalue weighted by Crippen LogP contribution is 2.27. The van der Waals surface area contributed by atoms with Crippen molar-refractivity contribution in [3.63, 3.8) is 0 Å². The number of rotatable bonds is 8. The normalized spacial score (nSPS) is 14.4. The Morgan fingerprint density at radius 1 is 1.33 bits per heavy atom. The van der Waals surface area contributed by atoms with Gasteiger partial charge in [-0.25, -0.2) is 14.4 Å². The van der Waals surface area contributed by atoms with Gasteiger partial charge in [-0.15, -0.1) is 0 Å². The van der Waals surface area contributed by atoms with Crippen molar-refractivity contribution < 1.29 is 9.50 Å². The molecule has 0 aliphatic carbocycles. The second-order valence-electron chi connectivity index (χ2n) is 5.35. The van der Waals surface area contributed by atoms with Crippen LogP contribution in [0.15, 0.2) is 18.6 Å². The predicted octanol–water partition coefficient (Wildman–Crippen LogP) is 2.86. The first-order valence-electron chi connectivity index (χ1n) is 7.50. The highest BCUT2D eigenvalue weighted by molar-refractivity contribution is 5.84. The number of hydrogen-bond donors (Lipinski definition) is 2. The lowest BCUT2D eigenvalue weighted by Gasteiger charge is -2.23. The number of imidazole rings is 1. The highest BCUT2D eigenvalue weighted by atomic mass is 19.1. The maximum absolute atomic E-state index is 13.0. The average molecular weight is 294 g/mol. The molecule has 0 spiro atoms. The van der Waals surface area contributed by atoms with Crippen LogP contribution in [0, 0.1) is 0 Å². The zero-order valence-electron chi connectivity index (χ0n) is 12.4. The average Bonchev–Trinajstić information content (AvgIpc) is 2.92. The van der Waals surface area contributed by atoms with Gasteiger partial charge in [0.05, 0.1) is 17.9 Å². The molecular weight excluding hydrogens is 271 g/mol. The van der Waals surface area contributed by atoms with E-state index in [0.717, 1.165) is 37.6 Å². The van der Waals surface area contributed by atoms with Gasteiger partial charge in [0.25, 0.3) is 0 Å². The molecule has 2 atom stereocenters. The lowest BCUT2D eigenvalue weighted by molar-refractivity contribution is 0.0813. The number of aromatic nitrogens is 3. The van der Waals surface area contributed by atoms with Gasteiger partial charge in [0.2, 0.25) is 0 Å². The molecule has 0 fully saturated rings. The van der Waals surface area contributed by atoms with Crippen LogP contribution < -0.4 is 5.73 Å². The molecule has 0 amide bonds. The van der Waals surface area contributed by atoms with E-state index in [-0.39, 0.29) is 6.04 Å². The lowest BCUT2D eigenvalue weighted by atomic mass is 10.0. The molecule has 0 unspecified atom stereocenters. The van der Waals surface area contributed by atoms with E-state index in [2.05, 4.69) is 16.9 Å². The van der Waals surface area contributed by atoms with Crippen LogP contribution in [0.5, 0.6) is 0 Å².